The molecule has 13 heavy (non-hydrogen) atoms. The predicted octanol–water partition coefficient (Wildman–Crippen LogP) is 2.34. The van der Waals surface area contributed by atoms with Crippen molar-refractivity contribution in [3.8, 4) is 0 Å². The van der Waals surface area contributed by atoms with Crippen molar-refractivity contribution in [1.82, 2.24) is 4.90 Å². The summed E-state index contributed by atoms with van der Waals surface area (Å²) in [6.45, 7) is 6.04. The van der Waals surface area contributed by atoms with Gasteiger partial charge in [-0.25, -0.2) is 0 Å². The Labute approximate surface area is 82.0 Å². The average Bonchev–Trinajstić information content (AvgIpc) is 2.19. The van der Waals surface area contributed by atoms with Crippen molar-refractivity contribution in [2.45, 2.75) is 39.0 Å². The molecular formula is C11H22N2. The van der Waals surface area contributed by atoms with E-state index in [-0.39, 0.29) is 0 Å². The van der Waals surface area contributed by atoms with Crippen molar-refractivity contribution in [2.75, 3.05) is 26.7 Å². The molecular weight excluding hydrogens is 160 g/mol. The lowest BCUT2D eigenvalue weighted by atomic mass is 10.1. The van der Waals surface area contributed by atoms with Crippen LogP contribution in [0.15, 0.2) is 4.99 Å². The Morgan fingerprint density at radius 1 is 1.23 bits per heavy atom. The van der Waals surface area contributed by atoms with Crippen LogP contribution >= 0.6 is 0 Å². The second kappa shape index (κ2) is 6.14. The molecule has 0 saturated carbocycles. The molecule has 1 heterocycles. The molecule has 1 aliphatic heterocycles. The van der Waals surface area contributed by atoms with Crippen molar-refractivity contribution in [1.29, 1.82) is 0 Å². The summed E-state index contributed by atoms with van der Waals surface area (Å²) in [7, 11) is 1.89. The third-order valence-electron chi connectivity index (χ3n) is 2.84. The van der Waals surface area contributed by atoms with E-state index in [0.29, 0.717) is 0 Å². The molecule has 76 valence electrons. The van der Waals surface area contributed by atoms with E-state index in [9.17, 15) is 0 Å². The van der Waals surface area contributed by atoms with Gasteiger partial charge in [0, 0.05) is 12.8 Å². The highest BCUT2D eigenvalue weighted by atomic mass is 15.1. The molecule has 0 aromatic carbocycles. The standard InChI is InChI=1S/C11H22N2/c1-11(12-2)7-6-10-13-8-4-3-5-9-13/h3-10H2,1-2H3. The summed E-state index contributed by atoms with van der Waals surface area (Å²) in [6.07, 6.45) is 6.70. The molecule has 0 atom stereocenters. The van der Waals surface area contributed by atoms with Gasteiger partial charge >= 0.3 is 0 Å². The molecule has 0 N–H and O–H groups in total. The van der Waals surface area contributed by atoms with E-state index in [1.807, 2.05) is 7.05 Å². The molecule has 1 aliphatic rings. The maximum absolute atomic E-state index is 4.17. The zero-order valence-electron chi connectivity index (χ0n) is 9.05. The predicted molar refractivity (Wildman–Crippen MR) is 58.6 cm³/mol. The third-order valence-corrected chi connectivity index (χ3v) is 2.84. The highest BCUT2D eigenvalue weighted by Crippen LogP contribution is 2.09. The van der Waals surface area contributed by atoms with E-state index in [2.05, 4.69) is 16.8 Å². The average molecular weight is 182 g/mol. The van der Waals surface area contributed by atoms with E-state index in [0.717, 1.165) is 0 Å². The first-order valence-electron chi connectivity index (χ1n) is 5.47. The maximum Gasteiger partial charge on any atom is 0.0276 e. The van der Waals surface area contributed by atoms with Gasteiger partial charge in [0.1, 0.15) is 0 Å². The fraction of sp³-hybridized carbons (Fsp3) is 0.909. The molecule has 1 saturated heterocycles. The fourth-order valence-electron chi connectivity index (χ4n) is 1.85. The summed E-state index contributed by atoms with van der Waals surface area (Å²) in [5.41, 5.74) is 1.29. The monoisotopic (exact) mass is 182 g/mol. The van der Waals surface area contributed by atoms with Gasteiger partial charge in [0.05, 0.1) is 0 Å². The molecule has 2 heteroatoms. The van der Waals surface area contributed by atoms with E-state index < -0.39 is 0 Å². The van der Waals surface area contributed by atoms with Crippen molar-refractivity contribution < 1.29 is 0 Å². The molecule has 0 spiro atoms. The van der Waals surface area contributed by atoms with Crippen LogP contribution in [0.3, 0.4) is 0 Å². The molecule has 0 aliphatic carbocycles. The minimum Gasteiger partial charge on any atom is -0.303 e. The number of hydrogen-bond acceptors (Lipinski definition) is 2. The van der Waals surface area contributed by atoms with Gasteiger partial charge in [0.15, 0.2) is 0 Å². The first kappa shape index (κ1) is 10.7. The lowest BCUT2D eigenvalue weighted by molar-refractivity contribution is 0.227. The van der Waals surface area contributed by atoms with Crippen LogP contribution in [-0.2, 0) is 0 Å². The topological polar surface area (TPSA) is 15.6 Å². The Kier molecular flexibility index (Phi) is 5.06. The highest BCUT2D eigenvalue weighted by molar-refractivity contribution is 5.81. The van der Waals surface area contributed by atoms with Crippen molar-refractivity contribution in [3.63, 3.8) is 0 Å². The SMILES string of the molecule is CN=C(C)CCCN1CCCCC1. The van der Waals surface area contributed by atoms with E-state index in [1.165, 1.54) is 57.5 Å². The molecule has 1 rings (SSSR count). The van der Waals surface area contributed by atoms with Gasteiger partial charge < -0.3 is 4.90 Å². The maximum atomic E-state index is 4.17. The quantitative estimate of drug-likeness (QED) is 0.609. The van der Waals surface area contributed by atoms with Crippen LogP contribution < -0.4 is 0 Å². The van der Waals surface area contributed by atoms with Crippen LogP contribution in [0.2, 0.25) is 0 Å². The molecule has 0 unspecified atom stereocenters. The Morgan fingerprint density at radius 2 is 1.92 bits per heavy atom. The summed E-state index contributed by atoms with van der Waals surface area (Å²) >= 11 is 0. The van der Waals surface area contributed by atoms with Gasteiger partial charge in [0.2, 0.25) is 0 Å². The van der Waals surface area contributed by atoms with E-state index in [1.54, 1.807) is 0 Å². The summed E-state index contributed by atoms with van der Waals surface area (Å²) in [6, 6.07) is 0. The smallest absolute Gasteiger partial charge is 0.0276 e. The van der Waals surface area contributed by atoms with Gasteiger partial charge in [-0.3, -0.25) is 4.99 Å². The third kappa shape index (κ3) is 4.41. The molecule has 2 nitrogen and oxygen atoms in total. The first-order chi connectivity index (χ1) is 6.33. The van der Waals surface area contributed by atoms with Crippen LogP contribution in [-0.4, -0.2) is 37.3 Å². The molecule has 0 aromatic heterocycles. The molecule has 0 amide bonds. The zero-order chi connectivity index (χ0) is 9.52. The van der Waals surface area contributed by atoms with Crippen molar-refractivity contribution in [3.05, 3.63) is 0 Å². The number of rotatable bonds is 4. The number of piperidine rings is 1. The number of nitrogens with zero attached hydrogens (tertiary/aromatic N) is 2. The van der Waals surface area contributed by atoms with E-state index in [4.69, 9.17) is 0 Å². The Morgan fingerprint density at radius 3 is 2.54 bits per heavy atom. The van der Waals surface area contributed by atoms with Gasteiger partial charge in [-0.05, 0) is 52.2 Å². The zero-order valence-corrected chi connectivity index (χ0v) is 9.05. The van der Waals surface area contributed by atoms with Crippen molar-refractivity contribution in [2.24, 2.45) is 4.99 Å². The summed E-state index contributed by atoms with van der Waals surface area (Å²) in [5.74, 6) is 0. The number of aliphatic imine (C=N–C) groups is 1. The molecule has 1 fully saturated rings. The van der Waals surface area contributed by atoms with Crippen LogP contribution in [0.25, 0.3) is 0 Å². The van der Waals surface area contributed by atoms with Gasteiger partial charge in [-0.15, -0.1) is 0 Å². The molecule has 0 aromatic rings. The summed E-state index contributed by atoms with van der Waals surface area (Å²) in [4.78, 5) is 6.76. The first-order valence-corrected chi connectivity index (χ1v) is 5.47. The van der Waals surface area contributed by atoms with Crippen LogP contribution in [0.4, 0.5) is 0 Å². The van der Waals surface area contributed by atoms with Gasteiger partial charge in [0.25, 0.3) is 0 Å². The van der Waals surface area contributed by atoms with Crippen molar-refractivity contribution >= 4 is 5.71 Å². The van der Waals surface area contributed by atoms with Gasteiger partial charge in [-0.1, -0.05) is 6.42 Å². The lowest BCUT2D eigenvalue weighted by Gasteiger charge is -2.26. The largest absolute Gasteiger partial charge is 0.303 e. The lowest BCUT2D eigenvalue weighted by Crippen LogP contribution is -2.30. The normalized spacial score (nSPS) is 20.6. The molecule has 0 bridgehead atoms. The minimum absolute atomic E-state index is 1.17. The van der Waals surface area contributed by atoms with Crippen LogP contribution in [0.1, 0.15) is 39.0 Å². The molecule has 0 radical (unpaired) electrons. The Balaban J connectivity index is 2.04. The fourth-order valence-corrected chi connectivity index (χ4v) is 1.85. The summed E-state index contributed by atoms with van der Waals surface area (Å²) < 4.78 is 0. The Bertz CT molecular complexity index is 157. The van der Waals surface area contributed by atoms with Crippen LogP contribution in [0.5, 0.6) is 0 Å². The van der Waals surface area contributed by atoms with Gasteiger partial charge in [-0.2, -0.15) is 0 Å². The number of hydrogen-bond donors (Lipinski definition) is 0. The second-order valence-electron chi connectivity index (χ2n) is 3.96. The summed E-state index contributed by atoms with van der Waals surface area (Å²) in [5, 5.41) is 0. The minimum atomic E-state index is 1.17. The van der Waals surface area contributed by atoms with Crippen LogP contribution in [0, 0.1) is 0 Å². The Hall–Kier alpha value is -0.370. The van der Waals surface area contributed by atoms with E-state index >= 15 is 0 Å². The highest BCUT2D eigenvalue weighted by Gasteiger charge is 2.08. The second-order valence-corrected chi connectivity index (χ2v) is 3.96. The number of likely N-dealkylation sites (tertiary alicyclic amines) is 1.